The lowest BCUT2D eigenvalue weighted by atomic mass is 9.80. The van der Waals surface area contributed by atoms with Gasteiger partial charge < -0.3 is 14.7 Å². The topological polar surface area (TPSA) is 58.4 Å². The molecule has 3 heterocycles. The van der Waals surface area contributed by atoms with Gasteiger partial charge in [-0.05, 0) is 62.9 Å². The molecule has 2 saturated heterocycles. The number of piperidine rings is 2. The highest BCUT2D eigenvalue weighted by Crippen LogP contribution is 2.29. The fourth-order valence-corrected chi connectivity index (χ4v) is 5.47. The number of hydrogen-bond acceptors (Lipinski definition) is 4. The van der Waals surface area contributed by atoms with Crippen LogP contribution in [-0.2, 0) is 17.6 Å². The Hall–Kier alpha value is -1.36. The molecule has 156 valence electrons. The van der Waals surface area contributed by atoms with E-state index >= 15 is 0 Å². The summed E-state index contributed by atoms with van der Waals surface area (Å²) in [6.45, 7) is 3.94. The molecule has 1 aromatic rings. The van der Waals surface area contributed by atoms with Crippen LogP contribution in [0.5, 0.6) is 0 Å². The maximum absolute atomic E-state index is 12.8. The molecule has 3 fully saturated rings. The van der Waals surface area contributed by atoms with Gasteiger partial charge in [0, 0.05) is 32.0 Å². The number of rotatable bonds is 6. The fraction of sp³-hybridized carbons (Fsp3) is 0.826. The molecule has 28 heavy (non-hydrogen) atoms. The Balaban J connectivity index is 1.31. The molecule has 0 aromatic carbocycles. The van der Waals surface area contributed by atoms with Crippen molar-refractivity contribution in [2.75, 3.05) is 26.2 Å². The van der Waals surface area contributed by atoms with Crippen LogP contribution in [0.3, 0.4) is 0 Å². The zero-order valence-electron chi connectivity index (χ0n) is 17.3. The molecule has 0 bridgehead atoms. The average Bonchev–Trinajstić information content (AvgIpc) is 3.17. The van der Waals surface area contributed by atoms with Crippen LogP contribution in [0.1, 0.15) is 75.7 Å². The molecular weight excluding hydrogens is 350 g/mol. The van der Waals surface area contributed by atoms with E-state index in [9.17, 15) is 4.79 Å². The first kappa shape index (κ1) is 19.9. The lowest BCUT2D eigenvalue weighted by Crippen LogP contribution is -2.42. The van der Waals surface area contributed by atoms with E-state index in [2.05, 4.69) is 21.4 Å². The molecular formula is C23H37N3O2. The van der Waals surface area contributed by atoms with Crippen LogP contribution in [0.25, 0.3) is 0 Å². The number of likely N-dealkylation sites (tertiary alicyclic amines) is 1. The van der Waals surface area contributed by atoms with Crippen molar-refractivity contribution < 1.29 is 9.32 Å². The first-order valence-corrected chi connectivity index (χ1v) is 11.7. The van der Waals surface area contributed by atoms with Gasteiger partial charge in [-0.15, -0.1) is 0 Å². The normalized spacial score (nSPS) is 27.1. The molecule has 0 spiro atoms. The van der Waals surface area contributed by atoms with Gasteiger partial charge in [0.1, 0.15) is 5.76 Å². The second-order valence-electron chi connectivity index (χ2n) is 9.36. The average molecular weight is 388 g/mol. The Bertz CT molecular complexity index is 617. The van der Waals surface area contributed by atoms with Gasteiger partial charge in [-0.25, -0.2) is 0 Å². The van der Waals surface area contributed by atoms with Crippen LogP contribution >= 0.6 is 0 Å². The minimum atomic E-state index is 0.370. The minimum absolute atomic E-state index is 0.370. The van der Waals surface area contributed by atoms with Gasteiger partial charge in [-0.3, -0.25) is 4.79 Å². The Morgan fingerprint density at radius 1 is 1.04 bits per heavy atom. The van der Waals surface area contributed by atoms with E-state index in [0.29, 0.717) is 24.2 Å². The number of carbonyl (C=O) groups excluding carboxylic acids is 1. The monoisotopic (exact) mass is 387 g/mol. The Kier molecular flexibility index (Phi) is 7.05. The Morgan fingerprint density at radius 3 is 2.64 bits per heavy atom. The van der Waals surface area contributed by atoms with Gasteiger partial charge in [0.15, 0.2) is 0 Å². The third kappa shape index (κ3) is 5.37. The molecule has 4 rings (SSSR count). The van der Waals surface area contributed by atoms with E-state index in [1.54, 1.807) is 0 Å². The maximum Gasteiger partial charge on any atom is 0.222 e. The van der Waals surface area contributed by atoms with Crippen molar-refractivity contribution in [1.29, 1.82) is 0 Å². The summed E-state index contributed by atoms with van der Waals surface area (Å²) in [5.74, 6) is 3.16. The van der Waals surface area contributed by atoms with Gasteiger partial charge in [0.05, 0.1) is 5.69 Å². The lowest BCUT2D eigenvalue weighted by Gasteiger charge is -2.34. The van der Waals surface area contributed by atoms with Crippen LogP contribution in [0.4, 0.5) is 0 Å². The summed E-state index contributed by atoms with van der Waals surface area (Å²) >= 11 is 0. The summed E-state index contributed by atoms with van der Waals surface area (Å²) in [6, 6.07) is 2.19. The van der Waals surface area contributed by atoms with Crippen LogP contribution < -0.4 is 5.32 Å². The molecule has 5 nitrogen and oxygen atoms in total. The standard InChI is InChI=1S/C23H37N3O2/c27-23(26-11-5-2-6-12-26)15-19-9-10-24-17-20(19)14-21-16-22(28-25-21)13-18-7-3-1-4-8-18/h16,18-20,24H,1-15,17H2. The molecule has 1 N–H and O–H groups in total. The summed E-state index contributed by atoms with van der Waals surface area (Å²) in [4.78, 5) is 14.9. The third-order valence-electron chi connectivity index (χ3n) is 7.20. The molecule has 2 unspecified atom stereocenters. The molecule has 1 saturated carbocycles. The van der Waals surface area contributed by atoms with Crippen LogP contribution in [0.15, 0.2) is 10.6 Å². The first-order chi connectivity index (χ1) is 13.8. The maximum atomic E-state index is 12.8. The molecule has 1 aliphatic carbocycles. The van der Waals surface area contributed by atoms with Crippen molar-refractivity contribution in [3.63, 3.8) is 0 Å². The SMILES string of the molecule is O=C(CC1CCNCC1Cc1cc(CC2CCCCC2)on1)N1CCCCC1. The number of nitrogens with zero attached hydrogens (tertiary/aromatic N) is 2. The predicted molar refractivity (Wildman–Crippen MR) is 110 cm³/mol. The molecule has 2 aliphatic heterocycles. The Morgan fingerprint density at radius 2 is 1.82 bits per heavy atom. The number of aromatic nitrogens is 1. The molecule has 2 atom stereocenters. The molecule has 1 amide bonds. The summed E-state index contributed by atoms with van der Waals surface area (Å²) in [5.41, 5.74) is 1.08. The van der Waals surface area contributed by atoms with Crippen molar-refractivity contribution >= 4 is 5.91 Å². The van der Waals surface area contributed by atoms with Gasteiger partial charge >= 0.3 is 0 Å². The zero-order valence-corrected chi connectivity index (χ0v) is 17.3. The third-order valence-corrected chi connectivity index (χ3v) is 7.20. The zero-order chi connectivity index (χ0) is 19.2. The van der Waals surface area contributed by atoms with Gasteiger partial charge in [-0.2, -0.15) is 0 Å². The second kappa shape index (κ2) is 9.91. The van der Waals surface area contributed by atoms with Crippen LogP contribution in [0, 0.1) is 17.8 Å². The lowest BCUT2D eigenvalue weighted by molar-refractivity contribution is -0.133. The van der Waals surface area contributed by atoms with Crippen LogP contribution in [0.2, 0.25) is 0 Å². The van der Waals surface area contributed by atoms with Crippen molar-refractivity contribution in [1.82, 2.24) is 15.4 Å². The predicted octanol–water partition coefficient (Wildman–Crippen LogP) is 3.97. The fourth-order valence-electron chi connectivity index (χ4n) is 5.47. The van der Waals surface area contributed by atoms with Crippen molar-refractivity contribution in [3.8, 4) is 0 Å². The van der Waals surface area contributed by atoms with Gasteiger partial charge in [-0.1, -0.05) is 37.3 Å². The molecule has 5 heteroatoms. The van der Waals surface area contributed by atoms with Gasteiger partial charge in [0.25, 0.3) is 0 Å². The summed E-state index contributed by atoms with van der Waals surface area (Å²) < 4.78 is 5.67. The number of amides is 1. The summed E-state index contributed by atoms with van der Waals surface area (Å²) in [6.07, 6.45) is 14.2. The van der Waals surface area contributed by atoms with Gasteiger partial charge in [0.2, 0.25) is 5.91 Å². The number of carbonyl (C=O) groups is 1. The summed E-state index contributed by atoms with van der Waals surface area (Å²) in [5, 5.41) is 7.91. The van der Waals surface area contributed by atoms with E-state index in [4.69, 9.17) is 4.52 Å². The summed E-state index contributed by atoms with van der Waals surface area (Å²) in [7, 11) is 0. The van der Waals surface area contributed by atoms with E-state index in [1.807, 2.05) is 0 Å². The van der Waals surface area contributed by atoms with E-state index < -0.39 is 0 Å². The van der Waals surface area contributed by atoms with Crippen LogP contribution in [-0.4, -0.2) is 42.1 Å². The Labute approximate surface area is 169 Å². The second-order valence-corrected chi connectivity index (χ2v) is 9.36. The van der Waals surface area contributed by atoms with E-state index in [0.717, 1.165) is 62.8 Å². The number of nitrogens with one attached hydrogen (secondary N) is 1. The molecule has 0 radical (unpaired) electrons. The molecule has 1 aromatic heterocycles. The van der Waals surface area contributed by atoms with E-state index in [-0.39, 0.29) is 0 Å². The highest BCUT2D eigenvalue weighted by atomic mass is 16.5. The van der Waals surface area contributed by atoms with Crippen molar-refractivity contribution in [2.45, 2.75) is 77.0 Å². The quantitative estimate of drug-likeness (QED) is 0.802. The minimum Gasteiger partial charge on any atom is -0.361 e. The smallest absolute Gasteiger partial charge is 0.222 e. The highest BCUT2D eigenvalue weighted by molar-refractivity contribution is 5.76. The largest absolute Gasteiger partial charge is 0.361 e. The first-order valence-electron chi connectivity index (χ1n) is 11.7. The molecule has 3 aliphatic rings. The van der Waals surface area contributed by atoms with Crippen molar-refractivity contribution in [3.05, 3.63) is 17.5 Å². The highest BCUT2D eigenvalue weighted by Gasteiger charge is 2.30. The van der Waals surface area contributed by atoms with E-state index in [1.165, 1.54) is 51.4 Å². The number of hydrogen-bond donors (Lipinski definition) is 1. The van der Waals surface area contributed by atoms with Crippen molar-refractivity contribution in [2.24, 2.45) is 17.8 Å².